The molecule has 0 N–H and O–H groups in total. The molecule has 190 valence electrons. The molecule has 35 heavy (non-hydrogen) atoms. The second-order valence-electron chi connectivity index (χ2n) is 8.32. The van der Waals surface area contributed by atoms with Crippen LogP contribution in [-0.4, -0.2) is 52.3 Å². The molecule has 1 aliphatic heterocycles. The summed E-state index contributed by atoms with van der Waals surface area (Å²) in [5.74, 6) is 0.665. The van der Waals surface area contributed by atoms with E-state index in [0.29, 0.717) is 35.3 Å². The Labute approximate surface area is 217 Å². The number of para-hydroxylation sites is 1. The van der Waals surface area contributed by atoms with Gasteiger partial charge in [-0.15, -0.1) is 0 Å². The van der Waals surface area contributed by atoms with Crippen LogP contribution in [0.1, 0.15) is 37.3 Å². The standard InChI is InChI=1S/C23H27Cl2NO5S.C2H3N/c1-30-21-7-4-3-6-17(21)14-22(27)26-12-5-10-23(16-26,11-13-31-32(2,28)29)18-8-9-19(24)20(25)15-18;1-2-3/h3-4,6-9,15H,5,10-14,16H2,1-2H3;1H3/t23-;/m1./s1. The Morgan fingerprint density at radius 1 is 1.20 bits per heavy atom. The van der Waals surface area contributed by atoms with Crippen LogP contribution in [0.2, 0.25) is 10.0 Å². The average Bonchev–Trinajstić information content (AvgIpc) is 2.81. The summed E-state index contributed by atoms with van der Waals surface area (Å²) in [6, 6.07) is 14.6. The molecule has 1 heterocycles. The predicted octanol–water partition coefficient (Wildman–Crippen LogP) is 5.00. The highest BCUT2D eigenvalue weighted by molar-refractivity contribution is 7.85. The van der Waals surface area contributed by atoms with Gasteiger partial charge in [0.05, 0.1) is 42.5 Å². The molecule has 0 unspecified atom stereocenters. The maximum atomic E-state index is 13.2. The Balaban J connectivity index is 0.00000137. The molecule has 1 atom stereocenters. The summed E-state index contributed by atoms with van der Waals surface area (Å²) in [6.45, 7) is 2.52. The Morgan fingerprint density at radius 2 is 1.89 bits per heavy atom. The molecule has 1 fully saturated rings. The van der Waals surface area contributed by atoms with Crippen LogP contribution >= 0.6 is 23.2 Å². The predicted molar refractivity (Wildman–Crippen MR) is 137 cm³/mol. The first-order valence-electron chi connectivity index (χ1n) is 11.1. The largest absolute Gasteiger partial charge is 0.496 e. The Bertz CT molecular complexity index is 1170. The zero-order valence-electron chi connectivity index (χ0n) is 20.1. The Hall–Kier alpha value is -2.31. The van der Waals surface area contributed by atoms with E-state index in [1.807, 2.05) is 35.2 Å². The number of halogens is 2. The lowest BCUT2D eigenvalue weighted by atomic mass is 9.72. The van der Waals surface area contributed by atoms with Gasteiger partial charge in [0.15, 0.2) is 0 Å². The fraction of sp³-hybridized carbons (Fsp3) is 0.440. The first kappa shape index (κ1) is 28.9. The summed E-state index contributed by atoms with van der Waals surface area (Å²) in [5.41, 5.74) is 1.25. The van der Waals surface area contributed by atoms with Crippen molar-refractivity contribution in [1.82, 2.24) is 4.90 Å². The van der Waals surface area contributed by atoms with Gasteiger partial charge in [0.1, 0.15) is 5.75 Å². The fourth-order valence-corrected chi connectivity index (χ4v) is 4.95. The second-order valence-corrected chi connectivity index (χ2v) is 10.8. The van der Waals surface area contributed by atoms with E-state index in [1.165, 1.54) is 6.92 Å². The van der Waals surface area contributed by atoms with Gasteiger partial charge in [0, 0.05) is 31.0 Å². The van der Waals surface area contributed by atoms with E-state index < -0.39 is 15.5 Å². The van der Waals surface area contributed by atoms with Crippen molar-refractivity contribution in [3.8, 4) is 11.8 Å². The number of rotatable bonds is 8. The zero-order chi connectivity index (χ0) is 26.1. The van der Waals surface area contributed by atoms with E-state index in [1.54, 1.807) is 25.3 Å². The van der Waals surface area contributed by atoms with E-state index in [9.17, 15) is 13.2 Å². The zero-order valence-corrected chi connectivity index (χ0v) is 22.4. The number of hydrogen-bond acceptors (Lipinski definition) is 6. The van der Waals surface area contributed by atoms with Gasteiger partial charge in [-0.3, -0.25) is 8.98 Å². The molecule has 0 spiro atoms. The summed E-state index contributed by atoms with van der Waals surface area (Å²) in [4.78, 5) is 15.0. The number of hydrogen-bond donors (Lipinski definition) is 0. The highest BCUT2D eigenvalue weighted by atomic mass is 35.5. The molecule has 0 saturated carbocycles. The van der Waals surface area contributed by atoms with Gasteiger partial charge in [-0.2, -0.15) is 13.7 Å². The topological polar surface area (TPSA) is 96.7 Å². The van der Waals surface area contributed by atoms with Crippen LogP contribution in [0.5, 0.6) is 5.75 Å². The fourth-order valence-electron chi connectivity index (χ4n) is 4.27. The molecule has 7 nitrogen and oxygen atoms in total. The number of nitriles is 1. The van der Waals surface area contributed by atoms with Crippen LogP contribution < -0.4 is 4.74 Å². The molecule has 1 amide bonds. The maximum absolute atomic E-state index is 13.2. The molecule has 0 bridgehead atoms. The third-order valence-electron chi connectivity index (χ3n) is 5.87. The number of amides is 1. The molecule has 1 aliphatic rings. The molecule has 2 aromatic carbocycles. The number of piperidine rings is 1. The highest BCUT2D eigenvalue weighted by Crippen LogP contribution is 2.40. The summed E-state index contributed by atoms with van der Waals surface area (Å²) < 4.78 is 33.5. The lowest BCUT2D eigenvalue weighted by Crippen LogP contribution is -2.49. The van der Waals surface area contributed by atoms with E-state index in [-0.39, 0.29) is 18.9 Å². The van der Waals surface area contributed by atoms with Gasteiger partial charge in [0.25, 0.3) is 10.1 Å². The highest BCUT2D eigenvalue weighted by Gasteiger charge is 2.39. The number of likely N-dealkylation sites (tertiary alicyclic amines) is 1. The number of carbonyl (C=O) groups is 1. The monoisotopic (exact) mass is 540 g/mol. The Morgan fingerprint density at radius 3 is 2.51 bits per heavy atom. The number of carbonyl (C=O) groups excluding carboxylic acids is 1. The smallest absolute Gasteiger partial charge is 0.264 e. The van der Waals surface area contributed by atoms with Crippen LogP contribution in [0.4, 0.5) is 0 Å². The molecule has 2 aromatic rings. The van der Waals surface area contributed by atoms with Crippen LogP contribution in [-0.2, 0) is 30.9 Å². The van der Waals surface area contributed by atoms with Crippen LogP contribution in [0, 0.1) is 11.3 Å². The molecule has 0 aromatic heterocycles. The van der Waals surface area contributed by atoms with Gasteiger partial charge >= 0.3 is 0 Å². The molecule has 0 radical (unpaired) electrons. The summed E-state index contributed by atoms with van der Waals surface area (Å²) in [7, 11) is -1.98. The normalized spacial score (nSPS) is 17.7. The first-order valence-corrected chi connectivity index (χ1v) is 13.6. The quantitative estimate of drug-likeness (QED) is 0.437. The van der Waals surface area contributed by atoms with Gasteiger partial charge < -0.3 is 9.64 Å². The van der Waals surface area contributed by atoms with Crippen molar-refractivity contribution in [1.29, 1.82) is 5.26 Å². The molecule has 10 heteroatoms. The van der Waals surface area contributed by atoms with E-state index in [0.717, 1.165) is 30.2 Å². The van der Waals surface area contributed by atoms with Crippen molar-refractivity contribution >= 4 is 39.2 Å². The minimum Gasteiger partial charge on any atom is -0.496 e. The SMILES string of the molecule is CC#N.COc1ccccc1CC(=O)N1CCC[C@](CCOS(C)(=O)=O)(c2ccc(Cl)c(Cl)c2)C1. The lowest BCUT2D eigenvalue weighted by Gasteiger charge is -2.43. The minimum atomic E-state index is -3.57. The second kappa shape index (κ2) is 13.1. The summed E-state index contributed by atoms with van der Waals surface area (Å²) in [5, 5.41) is 8.18. The van der Waals surface area contributed by atoms with E-state index in [4.69, 9.17) is 37.4 Å². The summed E-state index contributed by atoms with van der Waals surface area (Å²) in [6.07, 6.45) is 3.23. The maximum Gasteiger partial charge on any atom is 0.264 e. The van der Waals surface area contributed by atoms with Crippen LogP contribution in [0.15, 0.2) is 42.5 Å². The third-order valence-corrected chi connectivity index (χ3v) is 7.21. The Kier molecular flexibility index (Phi) is 10.8. The van der Waals surface area contributed by atoms with Gasteiger partial charge in [0.2, 0.25) is 5.91 Å². The number of methoxy groups -OCH3 is 1. The van der Waals surface area contributed by atoms with Gasteiger partial charge in [-0.05, 0) is 43.0 Å². The molecule has 1 saturated heterocycles. The van der Waals surface area contributed by atoms with Crippen LogP contribution in [0.25, 0.3) is 0 Å². The number of ether oxygens (including phenoxy) is 1. The van der Waals surface area contributed by atoms with Gasteiger partial charge in [-0.1, -0.05) is 47.5 Å². The van der Waals surface area contributed by atoms with Crippen molar-refractivity contribution in [3.63, 3.8) is 0 Å². The summed E-state index contributed by atoms with van der Waals surface area (Å²) >= 11 is 12.4. The average molecular weight is 541 g/mol. The van der Waals surface area contributed by atoms with Gasteiger partial charge in [-0.25, -0.2) is 0 Å². The van der Waals surface area contributed by atoms with Crippen molar-refractivity contribution in [3.05, 3.63) is 63.6 Å². The van der Waals surface area contributed by atoms with Crippen LogP contribution in [0.3, 0.4) is 0 Å². The first-order chi connectivity index (χ1) is 16.5. The minimum absolute atomic E-state index is 0.0114. The molecule has 3 rings (SSSR count). The van der Waals surface area contributed by atoms with E-state index in [2.05, 4.69) is 0 Å². The molecular formula is C25H30Cl2N2O5S. The van der Waals surface area contributed by atoms with Crippen molar-refractivity contribution in [2.75, 3.05) is 33.1 Å². The van der Waals surface area contributed by atoms with Crippen molar-refractivity contribution in [2.45, 2.75) is 38.0 Å². The molecule has 0 aliphatic carbocycles. The number of benzene rings is 2. The number of nitrogens with zero attached hydrogens (tertiary/aromatic N) is 2. The molecular weight excluding hydrogens is 511 g/mol. The lowest BCUT2D eigenvalue weighted by molar-refractivity contribution is -0.133. The van der Waals surface area contributed by atoms with Crippen molar-refractivity contribution in [2.24, 2.45) is 0 Å². The van der Waals surface area contributed by atoms with E-state index >= 15 is 0 Å². The van der Waals surface area contributed by atoms with Crippen molar-refractivity contribution < 1.29 is 22.1 Å². The third kappa shape index (κ3) is 8.39.